The van der Waals surface area contributed by atoms with Gasteiger partial charge in [-0.1, -0.05) is 121 Å². The number of esters is 2. The molecule has 0 heterocycles. The minimum atomic E-state index is -1.01. The number of allylic oxidation sites excluding steroid dienone is 6. The van der Waals surface area contributed by atoms with Gasteiger partial charge in [0, 0.05) is 12.8 Å². The largest absolute Gasteiger partial charge is 0.463 e. The van der Waals surface area contributed by atoms with Crippen LogP contribution in [0.3, 0.4) is 0 Å². The summed E-state index contributed by atoms with van der Waals surface area (Å²) in [6.07, 6.45) is 30.6. The molecule has 0 amide bonds. The van der Waals surface area contributed by atoms with Crippen molar-refractivity contribution in [2.24, 2.45) is 5.92 Å². The number of carbonyl (C=O) groups is 2. The summed E-state index contributed by atoms with van der Waals surface area (Å²) in [5.41, 5.74) is 0. The third-order valence-electron chi connectivity index (χ3n) is 6.58. The van der Waals surface area contributed by atoms with E-state index in [4.69, 9.17) is 9.47 Å². The van der Waals surface area contributed by atoms with E-state index in [1.54, 1.807) is 6.08 Å². The van der Waals surface area contributed by atoms with Gasteiger partial charge in [0.2, 0.25) is 0 Å². The van der Waals surface area contributed by atoms with Crippen LogP contribution in [0.2, 0.25) is 0 Å². The molecule has 0 saturated heterocycles. The third kappa shape index (κ3) is 30.6. The Morgan fingerprint density at radius 1 is 0.683 bits per heavy atom. The Bertz CT molecular complexity index is 737. The van der Waals surface area contributed by atoms with Crippen molar-refractivity contribution >= 4 is 11.9 Å². The fraction of sp³-hybridized carbons (Fsp3) is 0.714. The van der Waals surface area contributed by atoms with Crippen molar-refractivity contribution in [3.63, 3.8) is 0 Å². The zero-order chi connectivity index (χ0) is 30.4. The van der Waals surface area contributed by atoms with Gasteiger partial charge < -0.3 is 19.7 Å². The summed E-state index contributed by atoms with van der Waals surface area (Å²) >= 11 is 0. The topological polar surface area (TPSA) is 93.1 Å². The van der Waals surface area contributed by atoms with Crippen LogP contribution in [-0.2, 0) is 19.1 Å². The van der Waals surface area contributed by atoms with E-state index in [1.807, 2.05) is 24.3 Å². The number of ether oxygens (including phenoxy) is 2. The number of hydrogen-bond donors (Lipinski definition) is 2. The summed E-state index contributed by atoms with van der Waals surface area (Å²) in [5, 5.41) is 19.9. The number of aliphatic hydroxyl groups is 2. The van der Waals surface area contributed by atoms with Crippen LogP contribution in [0.4, 0.5) is 0 Å². The Balaban J connectivity index is 3.71. The number of aliphatic hydroxyl groups excluding tert-OH is 2. The molecule has 6 heteroatoms. The van der Waals surface area contributed by atoms with Crippen molar-refractivity contribution in [1.29, 1.82) is 0 Å². The van der Waals surface area contributed by atoms with E-state index in [-0.39, 0.29) is 31.6 Å². The second kappa shape index (κ2) is 29.3. The molecule has 0 spiro atoms. The molecule has 0 aliphatic heterocycles. The fourth-order valence-corrected chi connectivity index (χ4v) is 4.05. The summed E-state index contributed by atoms with van der Waals surface area (Å²) in [7, 11) is 0. The number of unbranched alkanes of at least 4 members (excludes halogenated alkanes) is 9. The molecule has 0 radical (unpaired) electrons. The molecule has 0 aromatic carbocycles. The van der Waals surface area contributed by atoms with Crippen LogP contribution >= 0.6 is 0 Å². The highest BCUT2D eigenvalue weighted by molar-refractivity contribution is 5.69. The van der Waals surface area contributed by atoms with E-state index >= 15 is 0 Å². The quantitative estimate of drug-likeness (QED) is 0.0442. The Morgan fingerprint density at radius 3 is 1.98 bits per heavy atom. The van der Waals surface area contributed by atoms with Crippen molar-refractivity contribution in [2.75, 3.05) is 13.2 Å². The first-order valence-corrected chi connectivity index (χ1v) is 16.2. The number of rotatable bonds is 27. The van der Waals surface area contributed by atoms with Crippen LogP contribution in [0.25, 0.3) is 0 Å². The van der Waals surface area contributed by atoms with E-state index in [2.05, 4.69) is 39.0 Å². The van der Waals surface area contributed by atoms with Gasteiger partial charge in [0.1, 0.15) is 19.3 Å². The summed E-state index contributed by atoms with van der Waals surface area (Å²) in [6, 6.07) is 0. The first-order valence-electron chi connectivity index (χ1n) is 16.2. The molecule has 0 aliphatic carbocycles. The lowest BCUT2D eigenvalue weighted by Crippen LogP contribution is -2.25. The Hall–Kier alpha value is -2.18. The fourth-order valence-electron chi connectivity index (χ4n) is 4.05. The number of carbonyl (C=O) groups excluding carboxylic acids is 2. The summed E-state index contributed by atoms with van der Waals surface area (Å²) in [5.74, 6) is 0.0635. The van der Waals surface area contributed by atoms with Crippen molar-refractivity contribution in [3.05, 3.63) is 48.6 Å². The molecule has 0 saturated carbocycles. The van der Waals surface area contributed by atoms with E-state index < -0.39 is 12.2 Å². The van der Waals surface area contributed by atoms with Gasteiger partial charge in [-0.05, 0) is 50.9 Å². The smallest absolute Gasteiger partial charge is 0.305 e. The maximum absolute atomic E-state index is 11.9. The highest BCUT2D eigenvalue weighted by atomic mass is 16.6. The first-order chi connectivity index (χ1) is 19.8. The van der Waals surface area contributed by atoms with Crippen molar-refractivity contribution in [2.45, 2.75) is 142 Å². The standard InChI is InChI=1S/C35H60O6/c1-4-5-6-7-8-9-10-15-20-25-32(36)26-21-16-13-18-23-28-35(39)41-30-33(37)29-40-34(38)27-22-17-12-11-14-19-24-31(2)3/h8-9,13,15-16,20-21,26,31-33,36-37H,4-7,10-12,14,17-19,22-25,27-30H2,1-3H3/b9-8-,16-13+,20-15-,26-21-/t32?,33-/m0/s1. The molecular weight excluding hydrogens is 516 g/mol. The van der Waals surface area contributed by atoms with Gasteiger partial charge in [0.05, 0.1) is 6.10 Å². The SMILES string of the molecule is CCCCC/C=C\C/C=C\CC(O)/C=C\C=C\CCCC(=O)OC[C@@H](O)COC(=O)CCCCCCCCC(C)C. The Labute approximate surface area is 251 Å². The predicted molar refractivity (Wildman–Crippen MR) is 169 cm³/mol. The average Bonchev–Trinajstić information content (AvgIpc) is 2.94. The van der Waals surface area contributed by atoms with E-state index in [0.717, 1.165) is 38.0 Å². The van der Waals surface area contributed by atoms with Crippen LogP contribution in [0.1, 0.15) is 130 Å². The third-order valence-corrected chi connectivity index (χ3v) is 6.58. The zero-order valence-electron chi connectivity index (χ0n) is 26.3. The second-order valence-electron chi connectivity index (χ2n) is 11.3. The summed E-state index contributed by atoms with van der Waals surface area (Å²) in [4.78, 5) is 23.7. The van der Waals surface area contributed by atoms with Gasteiger partial charge in [-0.3, -0.25) is 9.59 Å². The molecule has 0 rings (SSSR count). The van der Waals surface area contributed by atoms with Gasteiger partial charge in [-0.25, -0.2) is 0 Å². The minimum absolute atomic E-state index is 0.159. The normalized spacial score (nSPS) is 13.7. The lowest BCUT2D eigenvalue weighted by molar-refractivity contribution is -0.152. The van der Waals surface area contributed by atoms with Gasteiger partial charge >= 0.3 is 11.9 Å². The molecule has 1 unspecified atom stereocenters. The van der Waals surface area contributed by atoms with Crippen LogP contribution < -0.4 is 0 Å². The molecule has 0 fully saturated rings. The lowest BCUT2D eigenvalue weighted by Gasteiger charge is -2.12. The molecular formula is C35H60O6. The molecule has 0 aromatic rings. The predicted octanol–water partition coefficient (Wildman–Crippen LogP) is 8.33. The maximum Gasteiger partial charge on any atom is 0.305 e. The van der Waals surface area contributed by atoms with Gasteiger partial charge in [-0.2, -0.15) is 0 Å². The number of hydrogen-bond acceptors (Lipinski definition) is 6. The van der Waals surface area contributed by atoms with E-state index in [1.165, 1.54) is 44.9 Å². The summed E-state index contributed by atoms with van der Waals surface area (Å²) in [6.45, 7) is 6.37. The Morgan fingerprint density at radius 2 is 1.29 bits per heavy atom. The van der Waals surface area contributed by atoms with Crippen molar-refractivity contribution in [1.82, 2.24) is 0 Å². The molecule has 0 aromatic heterocycles. The van der Waals surface area contributed by atoms with Crippen LogP contribution in [-0.4, -0.2) is 47.6 Å². The second-order valence-corrected chi connectivity index (χ2v) is 11.3. The first kappa shape index (κ1) is 38.8. The minimum Gasteiger partial charge on any atom is -0.463 e. The van der Waals surface area contributed by atoms with Gasteiger partial charge in [0.15, 0.2) is 0 Å². The lowest BCUT2D eigenvalue weighted by atomic mass is 10.0. The van der Waals surface area contributed by atoms with Crippen molar-refractivity contribution < 1.29 is 29.3 Å². The average molecular weight is 577 g/mol. The van der Waals surface area contributed by atoms with Crippen LogP contribution in [0.5, 0.6) is 0 Å². The monoisotopic (exact) mass is 576 g/mol. The molecule has 41 heavy (non-hydrogen) atoms. The zero-order valence-corrected chi connectivity index (χ0v) is 26.3. The summed E-state index contributed by atoms with van der Waals surface area (Å²) < 4.78 is 10.2. The van der Waals surface area contributed by atoms with Crippen LogP contribution in [0.15, 0.2) is 48.6 Å². The molecule has 0 bridgehead atoms. The molecule has 236 valence electrons. The van der Waals surface area contributed by atoms with E-state index in [0.29, 0.717) is 25.7 Å². The maximum atomic E-state index is 11.9. The Kier molecular flexibility index (Phi) is 27.8. The van der Waals surface area contributed by atoms with Gasteiger partial charge in [0.25, 0.3) is 0 Å². The molecule has 6 nitrogen and oxygen atoms in total. The highest BCUT2D eigenvalue weighted by Crippen LogP contribution is 2.12. The highest BCUT2D eigenvalue weighted by Gasteiger charge is 2.12. The molecule has 2 atom stereocenters. The van der Waals surface area contributed by atoms with Crippen LogP contribution in [0, 0.1) is 5.92 Å². The van der Waals surface area contributed by atoms with E-state index in [9.17, 15) is 19.8 Å². The molecule has 2 N–H and O–H groups in total. The molecule has 0 aliphatic rings. The van der Waals surface area contributed by atoms with Crippen molar-refractivity contribution in [3.8, 4) is 0 Å². The van der Waals surface area contributed by atoms with Gasteiger partial charge in [-0.15, -0.1) is 0 Å².